The second-order valence-electron chi connectivity index (χ2n) is 8.13. The van der Waals surface area contributed by atoms with Gasteiger partial charge in [-0.1, -0.05) is 45.6 Å². The van der Waals surface area contributed by atoms with Gasteiger partial charge < -0.3 is 10.6 Å². The average molecular weight is 537 g/mol. The third-order valence-corrected chi connectivity index (χ3v) is 6.22. The van der Waals surface area contributed by atoms with Crippen molar-refractivity contribution in [1.82, 2.24) is 15.3 Å². The maximum Gasteiger partial charge on any atom is 0.141 e. The smallest absolute Gasteiger partial charge is 0.141 e. The van der Waals surface area contributed by atoms with Crippen molar-refractivity contribution in [1.29, 1.82) is 5.26 Å². The molecule has 0 aliphatic heterocycles. The molecule has 5 rings (SSSR count). The summed E-state index contributed by atoms with van der Waals surface area (Å²) in [6.45, 7) is 1.74. The number of fused-ring (bicyclic) bond motifs is 1. The molecular weight excluding hydrogens is 521 g/mol. The Morgan fingerprint density at radius 2 is 1.81 bits per heavy atom. The van der Waals surface area contributed by atoms with Crippen molar-refractivity contribution in [3.63, 3.8) is 0 Å². The highest BCUT2D eigenvalue weighted by molar-refractivity contribution is 6.32. The van der Waals surface area contributed by atoms with Crippen molar-refractivity contribution in [3.05, 3.63) is 105 Å². The number of anilines is 3. The van der Waals surface area contributed by atoms with Crippen LogP contribution in [0.3, 0.4) is 0 Å². The van der Waals surface area contributed by atoms with Gasteiger partial charge in [0.05, 0.1) is 33.5 Å². The van der Waals surface area contributed by atoms with Gasteiger partial charge in [-0.3, -0.25) is 4.98 Å². The molecule has 0 fully saturated rings. The summed E-state index contributed by atoms with van der Waals surface area (Å²) >= 11 is 12.4. The quantitative estimate of drug-likeness (QED) is 0.234. The molecule has 2 aromatic heterocycles. The first kappa shape index (κ1) is 24.4. The minimum atomic E-state index is -0.585. The van der Waals surface area contributed by atoms with Crippen LogP contribution < -0.4 is 10.6 Å². The van der Waals surface area contributed by atoms with Crippen LogP contribution in [0.15, 0.2) is 65.4 Å². The highest BCUT2D eigenvalue weighted by atomic mass is 35.5. The van der Waals surface area contributed by atoms with Gasteiger partial charge in [0.2, 0.25) is 0 Å². The fourth-order valence-electron chi connectivity index (χ4n) is 3.94. The number of hydrogen-bond acceptors (Lipinski definition) is 7. The summed E-state index contributed by atoms with van der Waals surface area (Å²) in [6.07, 6.45) is 1.42. The Hall–Kier alpha value is -4.26. The number of nitriles is 1. The molecular formula is C26H16Cl2F2N6O. The van der Waals surface area contributed by atoms with Crippen molar-refractivity contribution < 1.29 is 13.4 Å². The van der Waals surface area contributed by atoms with E-state index < -0.39 is 11.9 Å². The summed E-state index contributed by atoms with van der Waals surface area (Å²) < 4.78 is 32.2. The van der Waals surface area contributed by atoms with Crippen LogP contribution in [0.2, 0.25) is 10.0 Å². The van der Waals surface area contributed by atoms with Crippen LogP contribution in [-0.4, -0.2) is 15.3 Å². The van der Waals surface area contributed by atoms with Crippen molar-refractivity contribution in [3.8, 4) is 6.07 Å². The van der Waals surface area contributed by atoms with Crippen LogP contribution in [0.4, 0.5) is 25.8 Å². The highest BCUT2D eigenvalue weighted by Gasteiger charge is 2.23. The lowest BCUT2D eigenvalue weighted by Gasteiger charge is -2.21. The predicted molar refractivity (Wildman–Crippen MR) is 137 cm³/mol. The van der Waals surface area contributed by atoms with Crippen LogP contribution in [0.25, 0.3) is 10.9 Å². The Kier molecular flexibility index (Phi) is 6.61. The summed E-state index contributed by atoms with van der Waals surface area (Å²) in [5, 5.41) is 25.0. The van der Waals surface area contributed by atoms with Gasteiger partial charge in [-0.2, -0.15) is 5.26 Å². The zero-order valence-electron chi connectivity index (χ0n) is 19.1. The van der Waals surface area contributed by atoms with E-state index in [2.05, 4.69) is 32.0 Å². The number of aromatic nitrogens is 3. The molecule has 1 unspecified atom stereocenters. The second-order valence-corrected chi connectivity index (χ2v) is 8.97. The van der Waals surface area contributed by atoms with Gasteiger partial charge in [0.1, 0.15) is 29.1 Å². The SMILES string of the molecule is Cc1nonc1C(Nc1cc(Cl)cc2c(Nc3ccc(F)c(Cl)c3)c(C#N)cnc12)c1ccc(F)cc1. The van der Waals surface area contributed by atoms with E-state index >= 15 is 0 Å². The van der Waals surface area contributed by atoms with Gasteiger partial charge in [0.25, 0.3) is 0 Å². The fraction of sp³-hybridized carbons (Fsp3) is 0.0769. The molecule has 5 aromatic rings. The van der Waals surface area contributed by atoms with E-state index in [0.29, 0.717) is 49.9 Å². The first-order chi connectivity index (χ1) is 17.8. The van der Waals surface area contributed by atoms with Gasteiger partial charge >= 0.3 is 0 Å². The molecule has 7 nitrogen and oxygen atoms in total. The van der Waals surface area contributed by atoms with E-state index in [1.807, 2.05) is 0 Å². The maximum atomic E-state index is 13.7. The molecule has 0 bridgehead atoms. The molecule has 3 aromatic carbocycles. The molecule has 0 aliphatic carbocycles. The molecule has 2 N–H and O–H groups in total. The third kappa shape index (κ3) is 4.89. The number of nitrogens with zero attached hydrogens (tertiary/aromatic N) is 4. The summed E-state index contributed by atoms with van der Waals surface area (Å²) in [5.74, 6) is -0.945. The number of nitrogens with one attached hydrogen (secondary N) is 2. The first-order valence-corrected chi connectivity index (χ1v) is 11.6. The largest absolute Gasteiger partial charge is 0.371 e. The summed E-state index contributed by atoms with van der Waals surface area (Å²) in [7, 11) is 0. The number of rotatable bonds is 6. The van der Waals surface area contributed by atoms with Gasteiger partial charge in [-0.05, 0) is 55.0 Å². The van der Waals surface area contributed by atoms with Crippen LogP contribution in [-0.2, 0) is 0 Å². The molecule has 0 saturated carbocycles. The molecule has 0 saturated heterocycles. The first-order valence-electron chi connectivity index (χ1n) is 10.9. The molecule has 0 spiro atoms. The van der Waals surface area contributed by atoms with Crippen molar-refractivity contribution in [2.24, 2.45) is 0 Å². The van der Waals surface area contributed by atoms with E-state index in [1.54, 1.807) is 31.2 Å². The molecule has 37 heavy (non-hydrogen) atoms. The molecule has 184 valence electrons. The number of benzene rings is 3. The number of aryl methyl sites for hydroxylation is 1. The molecule has 0 radical (unpaired) electrons. The predicted octanol–water partition coefficient (Wildman–Crippen LogP) is 7.33. The average Bonchev–Trinajstić information content (AvgIpc) is 3.31. The lowest BCUT2D eigenvalue weighted by Crippen LogP contribution is -2.15. The number of pyridine rings is 1. The van der Waals surface area contributed by atoms with Crippen LogP contribution in [0, 0.1) is 29.9 Å². The normalized spacial score (nSPS) is 11.8. The van der Waals surface area contributed by atoms with E-state index in [0.717, 1.165) is 0 Å². The minimum Gasteiger partial charge on any atom is -0.371 e. The van der Waals surface area contributed by atoms with Crippen LogP contribution in [0.1, 0.15) is 28.6 Å². The lowest BCUT2D eigenvalue weighted by atomic mass is 10.0. The Bertz CT molecular complexity index is 1670. The second kappa shape index (κ2) is 10.0. The number of halogens is 4. The molecule has 11 heteroatoms. The minimum absolute atomic E-state index is 0.0685. The molecule has 1 atom stereocenters. The zero-order chi connectivity index (χ0) is 26.1. The van der Waals surface area contributed by atoms with E-state index in [4.69, 9.17) is 27.8 Å². The third-order valence-electron chi connectivity index (χ3n) is 5.71. The lowest BCUT2D eigenvalue weighted by molar-refractivity contribution is 0.300. The highest BCUT2D eigenvalue weighted by Crippen LogP contribution is 2.38. The Labute approximate surface area is 219 Å². The maximum absolute atomic E-state index is 13.7. The molecule has 0 amide bonds. The van der Waals surface area contributed by atoms with E-state index in [9.17, 15) is 14.0 Å². The molecule has 2 heterocycles. The van der Waals surface area contributed by atoms with Gasteiger partial charge in [-0.25, -0.2) is 13.4 Å². The number of hydrogen-bond donors (Lipinski definition) is 2. The van der Waals surface area contributed by atoms with Gasteiger partial charge in [0.15, 0.2) is 0 Å². The molecule has 0 aliphatic rings. The standard InChI is InChI=1S/C26H16Cl2F2N6O/c1-13-23(36-37-35-13)25(14-2-4-17(29)5-3-14)34-22-9-16(27)8-19-24(15(11-31)12-32-26(19)22)33-18-6-7-21(30)20(28)10-18/h2-10,12,25,34H,1H3,(H,32,33). The topological polar surface area (TPSA) is 99.7 Å². The summed E-state index contributed by atoms with van der Waals surface area (Å²) in [6, 6.07) is 15.0. The van der Waals surface area contributed by atoms with Crippen LogP contribution in [0.5, 0.6) is 0 Å². The van der Waals surface area contributed by atoms with Crippen molar-refractivity contribution in [2.75, 3.05) is 10.6 Å². The summed E-state index contributed by atoms with van der Waals surface area (Å²) in [4.78, 5) is 4.50. The summed E-state index contributed by atoms with van der Waals surface area (Å²) in [5.41, 5.74) is 3.87. The van der Waals surface area contributed by atoms with E-state index in [1.165, 1.54) is 36.5 Å². The van der Waals surface area contributed by atoms with Crippen LogP contribution >= 0.6 is 23.2 Å². The van der Waals surface area contributed by atoms with Gasteiger partial charge in [0, 0.05) is 22.3 Å². The van der Waals surface area contributed by atoms with Crippen molar-refractivity contribution in [2.45, 2.75) is 13.0 Å². The Balaban J connectivity index is 1.65. The van der Waals surface area contributed by atoms with E-state index in [-0.39, 0.29) is 16.4 Å². The zero-order valence-corrected chi connectivity index (χ0v) is 20.6. The fourth-order valence-corrected chi connectivity index (χ4v) is 4.33. The van der Waals surface area contributed by atoms with Crippen molar-refractivity contribution >= 4 is 51.2 Å². The van der Waals surface area contributed by atoms with Gasteiger partial charge in [-0.15, -0.1) is 0 Å². The Morgan fingerprint density at radius 1 is 1.03 bits per heavy atom. The Morgan fingerprint density at radius 3 is 2.49 bits per heavy atom. The monoisotopic (exact) mass is 536 g/mol.